The topological polar surface area (TPSA) is 17.8 Å². The molecule has 0 aliphatic rings. The summed E-state index contributed by atoms with van der Waals surface area (Å²) in [5, 5.41) is 0. The molecule has 1 heterocycles. The van der Waals surface area contributed by atoms with Gasteiger partial charge in [0, 0.05) is 16.6 Å². The Labute approximate surface area is 109 Å². The molecule has 18 heavy (non-hydrogen) atoms. The molecule has 0 amide bonds. The Morgan fingerprint density at radius 3 is 2.56 bits per heavy atom. The smallest absolute Gasteiger partial charge is 0.125 e. The van der Waals surface area contributed by atoms with E-state index >= 15 is 0 Å². The molecule has 0 saturated heterocycles. The number of fused-ring (bicyclic) bond motifs is 1. The molecule has 90 valence electrons. The number of aromatic nitrogens is 2. The molecule has 0 bridgehead atoms. The summed E-state index contributed by atoms with van der Waals surface area (Å²) in [4.78, 5) is 5.33. The van der Waals surface area contributed by atoms with Crippen molar-refractivity contribution in [2.75, 3.05) is 0 Å². The van der Waals surface area contributed by atoms with E-state index in [4.69, 9.17) is 0 Å². The fourth-order valence-corrected chi connectivity index (χ4v) is 2.25. The highest BCUT2D eigenvalue weighted by molar-refractivity contribution is 7.80. The van der Waals surface area contributed by atoms with E-state index in [1.54, 1.807) is 6.07 Å². The standard InChI is InChI=1S/C14H11FN2S/c1-9-16-13-7-2-10(15)8-14(13)17(9)11-3-5-12(18)6-4-11/h2-8,18H,1H3. The second kappa shape index (κ2) is 4.14. The van der Waals surface area contributed by atoms with E-state index in [9.17, 15) is 4.39 Å². The zero-order chi connectivity index (χ0) is 12.7. The maximum Gasteiger partial charge on any atom is 0.125 e. The van der Waals surface area contributed by atoms with Crippen molar-refractivity contribution in [3.8, 4) is 5.69 Å². The lowest BCUT2D eigenvalue weighted by molar-refractivity contribution is 0.629. The van der Waals surface area contributed by atoms with Crippen molar-refractivity contribution in [2.24, 2.45) is 0 Å². The summed E-state index contributed by atoms with van der Waals surface area (Å²) >= 11 is 4.26. The minimum absolute atomic E-state index is 0.255. The molecule has 3 aromatic rings. The van der Waals surface area contributed by atoms with Crippen LogP contribution in [0.25, 0.3) is 16.7 Å². The van der Waals surface area contributed by atoms with Crippen LogP contribution in [-0.2, 0) is 0 Å². The number of halogens is 1. The first-order valence-electron chi connectivity index (χ1n) is 5.59. The first-order valence-corrected chi connectivity index (χ1v) is 6.04. The van der Waals surface area contributed by atoms with Gasteiger partial charge in [-0.25, -0.2) is 9.37 Å². The van der Waals surface area contributed by atoms with Gasteiger partial charge in [0.05, 0.1) is 11.0 Å². The van der Waals surface area contributed by atoms with Gasteiger partial charge in [-0.2, -0.15) is 0 Å². The Hall–Kier alpha value is -1.81. The van der Waals surface area contributed by atoms with E-state index in [1.807, 2.05) is 35.8 Å². The van der Waals surface area contributed by atoms with Gasteiger partial charge in [-0.15, -0.1) is 12.6 Å². The summed E-state index contributed by atoms with van der Waals surface area (Å²) in [6, 6.07) is 12.3. The lowest BCUT2D eigenvalue weighted by atomic mass is 10.2. The average molecular weight is 258 g/mol. The van der Waals surface area contributed by atoms with Gasteiger partial charge in [-0.3, -0.25) is 4.57 Å². The van der Waals surface area contributed by atoms with E-state index in [0.717, 1.165) is 27.4 Å². The van der Waals surface area contributed by atoms with Crippen molar-refractivity contribution in [3.05, 3.63) is 54.1 Å². The minimum Gasteiger partial charge on any atom is -0.296 e. The molecule has 3 rings (SSSR count). The van der Waals surface area contributed by atoms with Gasteiger partial charge >= 0.3 is 0 Å². The van der Waals surface area contributed by atoms with Crippen LogP contribution >= 0.6 is 12.6 Å². The third-order valence-electron chi connectivity index (χ3n) is 2.89. The molecular weight excluding hydrogens is 247 g/mol. The Morgan fingerprint density at radius 2 is 1.83 bits per heavy atom. The summed E-state index contributed by atoms with van der Waals surface area (Å²) in [5.41, 5.74) is 2.53. The fraction of sp³-hybridized carbons (Fsp3) is 0.0714. The number of imidazole rings is 1. The number of aryl methyl sites for hydroxylation is 1. The predicted molar refractivity (Wildman–Crippen MR) is 73.0 cm³/mol. The van der Waals surface area contributed by atoms with Crippen LogP contribution < -0.4 is 0 Å². The van der Waals surface area contributed by atoms with E-state index in [1.165, 1.54) is 12.1 Å². The normalized spacial score (nSPS) is 11.1. The molecule has 0 fully saturated rings. The zero-order valence-electron chi connectivity index (χ0n) is 9.76. The van der Waals surface area contributed by atoms with Crippen molar-refractivity contribution >= 4 is 23.7 Å². The van der Waals surface area contributed by atoms with Crippen LogP contribution in [0.15, 0.2) is 47.4 Å². The molecule has 0 aliphatic carbocycles. The fourth-order valence-electron chi connectivity index (χ4n) is 2.10. The molecule has 4 heteroatoms. The van der Waals surface area contributed by atoms with Crippen LogP contribution in [0.1, 0.15) is 5.82 Å². The molecular formula is C14H11FN2S. The summed E-state index contributed by atoms with van der Waals surface area (Å²) in [5.74, 6) is 0.581. The monoisotopic (exact) mass is 258 g/mol. The molecule has 0 saturated carbocycles. The molecule has 0 N–H and O–H groups in total. The van der Waals surface area contributed by atoms with Crippen LogP contribution in [0, 0.1) is 12.7 Å². The van der Waals surface area contributed by atoms with Gasteiger partial charge in [0.1, 0.15) is 11.6 Å². The van der Waals surface area contributed by atoms with Gasteiger partial charge in [0.2, 0.25) is 0 Å². The second-order valence-corrected chi connectivity index (χ2v) is 4.66. The third-order valence-corrected chi connectivity index (χ3v) is 3.19. The molecule has 0 spiro atoms. The lowest BCUT2D eigenvalue weighted by Gasteiger charge is -2.07. The number of nitrogens with zero attached hydrogens (tertiary/aromatic N) is 2. The maximum absolute atomic E-state index is 13.4. The number of hydrogen-bond donors (Lipinski definition) is 1. The van der Waals surface area contributed by atoms with Crippen molar-refractivity contribution in [1.29, 1.82) is 0 Å². The Bertz CT molecular complexity index is 716. The van der Waals surface area contributed by atoms with Crippen LogP contribution in [0.3, 0.4) is 0 Å². The maximum atomic E-state index is 13.4. The van der Waals surface area contributed by atoms with Crippen molar-refractivity contribution < 1.29 is 4.39 Å². The van der Waals surface area contributed by atoms with Gasteiger partial charge in [0.25, 0.3) is 0 Å². The SMILES string of the molecule is Cc1nc2ccc(F)cc2n1-c1ccc(S)cc1. The van der Waals surface area contributed by atoms with E-state index in [0.29, 0.717) is 0 Å². The Morgan fingerprint density at radius 1 is 1.11 bits per heavy atom. The minimum atomic E-state index is -0.255. The second-order valence-electron chi connectivity index (χ2n) is 4.14. The van der Waals surface area contributed by atoms with E-state index < -0.39 is 0 Å². The molecule has 0 atom stereocenters. The third kappa shape index (κ3) is 1.78. The molecule has 0 unspecified atom stereocenters. The highest BCUT2D eigenvalue weighted by atomic mass is 32.1. The van der Waals surface area contributed by atoms with Crippen molar-refractivity contribution in [2.45, 2.75) is 11.8 Å². The highest BCUT2D eigenvalue weighted by Gasteiger charge is 2.09. The Kier molecular flexibility index (Phi) is 2.59. The summed E-state index contributed by atoms with van der Waals surface area (Å²) in [6.07, 6.45) is 0. The van der Waals surface area contributed by atoms with Crippen LogP contribution in [0.2, 0.25) is 0 Å². The lowest BCUT2D eigenvalue weighted by Crippen LogP contribution is -1.96. The highest BCUT2D eigenvalue weighted by Crippen LogP contribution is 2.22. The van der Waals surface area contributed by atoms with Crippen LogP contribution in [-0.4, -0.2) is 9.55 Å². The summed E-state index contributed by atoms with van der Waals surface area (Å²) in [6.45, 7) is 1.91. The summed E-state index contributed by atoms with van der Waals surface area (Å²) < 4.78 is 15.3. The molecule has 0 aliphatic heterocycles. The van der Waals surface area contributed by atoms with Crippen LogP contribution in [0.4, 0.5) is 4.39 Å². The largest absolute Gasteiger partial charge is 0.296 e. The molecule has 1 aromatic heterocycles. The number of benzene rings is 2. The molecule has 2 aromatic carbocycles. The van der Waals surface area contributed by atoms with Gasteiger partial charge in [-0.05, 0) is 43.3 Å². The van der Waals surface area contributed by atoms with E-state index in [-0.39, 0.29) is 5.82 Å². The molecule has 2 nitrogen and oxygen atoms in total. The number of thiol groups is 1. The first kappa shape index (κ1) is 11.3. The molecule has 0 radical (unpaired) electrons. The quantitative estimate of drug-likeness (QED) is 0.658. The average Bonchev–Trinajstić information content (AvgIpc) is 2.66. The van der Waals surface area contributed by atoms with E-state index in [2.05, 4.69) is 17.6 Å². The van der Waals surface area contributed by atoms with Gasteiger partial charge in [-0.1, -0.05) is 0 Å². The van der Waals surface area contributed by atoms with Crippen molar-refractivity contribution in [1.82, 2.24) is 9.55 Å². The zero-order valence-corrected chi connectivity index (χ0v) is 10.7. The van der Waals surface area contributed by atoms with Gasteiger partial charge in [0.15, 0.2) is 0 Å². The van der Waals surface area contributed by atoms with Crippen LogP contribution in [0.5, 0.6) is 0 Å². The first-order chi connectivity index (χ1) is 8.65. The number of rotatable bonds is 1. The van der Waals surface area contributed by atoms with Crippen molar-refractivity contribution in [3.63, 3.8) is 0 Å². The Balaban J connectivity index is 2.30. The predicted octanol–water partition coefficient (Wildman–Crippen LogP) is 3.76. The number of hydrogen-bond acceptors (Lipinski definition) is 2. The summed E-state index contributed by atoms with van der Waals surface area (Å²) in [7, 11) is 0. The van der Waals surface area contributed by atoms with Gasteiger partial charge < -0.3 is 0 Å².